The van der Waals surface area contributed by atoms with Crippen LogP contribution in [0.1, 0.15) is 77.8 Å². The van der Waals surface area contributed by atoms with E-state index in [1.807, 2.05) is 0 Å². The van der Waals surface area contributed by atoms with Crippen LogP contribution in [-0.4, -0.2) is 5.11 Å². The fourth-order valence-electron chi connectivity index (χ4n) is 3.59. The monoisotopic (exact) mass is 288 g/mol. The van der Waals surface area contributed by atoms with Crippen LogP contribution in [0.2, 0.25) is 0 Å². The standard InChI is InChI=1S/C20H32O/c1-15(2)16-7-6-13-20(21,14-12-16)18-10-8-17(9-11-18)19(3,4)5/h8-11,15-16,21H,6-7,12-14H2,1-5H3. The molecule has 1 fully saturated rings. The summed E-state index contributed by atoms with van der Waals surface area (Å²) in [6.45, 7) is 11.3. The average Bonchev–Trinajstić information content (AvgIpc) is 2.61. The summed E-state index contributed by atoms with van der Waals surface area (Å²) in [7, 11) is 0. The Morgan fingerprint density at radius 1 is 1.05 bits per heavy atom. The van der Waals surface area contributed by atoms with Gasteiger partial charge < -0.3 is 5.11 Å². The van der Waals surface area contributed by atoms with Gasteiger partial charge in [-0.3, -0.25) is 0 Å². The van der Waals surface area contributed by atoms with Crippen LogP contribution in [-0.2, 0) is 11.0 Å². The Morgan fingerprint density at radius 2 is 1.67 bits per heavy atom. The summed E-state index contributed by atoms with van der Waals surface area (Å²) in [4.78, 5) is 0. The van der Waals surface area contributed by atoms with Crippen molar-refractivity contribution in [2.24, 2.45) is 11.8 Å². The first kappa shape index (κ1) is 16.5. The summed E-state index contributed by atoms with van der Waals surface area (Å²) in [5, 5.41) is 11.1. The van der Waals surface area contributed by atoms with E-state index in [0.29, 0.717) is 0 Å². The molecule has 0 aliphatic heterocycles. The largest absolute Gasteiger partial charge is 0.385 e. The minimum absolute atomic E-state index is 0.174. The van der Waals surface area contributed by atoms with Crippen molar-refractivity contribution < 1.29 is 5.11 Å². The Balaban J connectivity index is 2.16. The van der Waals surface area contributed by atoms with Crippen LogP contribution in [0.4, 0.5) is 0 Å². The molecule has 1 heteroatoms. The average molecular weight is 288 g/mol. The number of hydrogen-bond donors (Lipinski definition) is 1. The third kappa shape index (κ3) is 3.88. The molecule has 2 atom stereocenters. The summed E-state index contributed by atoms with van der Waals surface area (Å²) in [5.41, 5.74) is 2.01. The molecule has 1 aromatic carbocycles. The van der Waals surface area contributed by atoms with Gasteiger partial charge >= 0.3 is 0 Å². The van der Waals surface area contributed by atoms with Gasteiger partial charge in [-0.1, -0.05) is 65.3 Å². The molecule has 0 heterocycles. The second-order valence-electron chi connectivity index (χ2n) is 8.29. The fourth-order valence-corrected chi connectivity index (χ4v) is 3.59. The zero-order valence-electron chi connectivity index (χ0n) is 14.4. The molecule has 2 unspecified atom stereocenters. The molecule has 2 rings (SSSR count). The lowest BCUT2D eigenvalue weighted by molar-refractivity contribution is 0.0191. The molecule has 1 saturated carbocycles. The van der Waals surface area contributed by atoms with Crippen LogP contribution < -0.4 is 0 Å². The van der Waals surface area contributed by atoms with Crippen LogP contribution in [0.3, 0.4) is 0 Å². The maximum atomic E-state index is 11.1. The third-order valence-electron chi connectivity index (χ3n) is 5.33. The van der Waals surface area contributed by atoms with Crippen molar-refractivity contribution in [3.05, 3.63) is 35.4 Å². The van der Waals surface area contributed by atoms with Gasteiger partial charge in [-0.05, 0) is 54.1 Å². The van der Waals surface area contributed by atoms with Crippen molar-refractivity contribution in [2.75, 3.05) is 0 Å². The predicted molar refractivity (Wildman–Crippen MR) is 90.5 cm³/mol. The normalized spacial score (nSPS) is 27.7. The first-order valence-electron chi connectivity index (χ1n) is 8.56. The molecule has 0 bridgehead atoms. The van der Waals surface area contributed by atoms with E-state index in [4.69, 9.17) is 0 Å². The summed E-state index contributed by atoms with van der Waals surface area (Å²) >= 11 is 0. The van der Waals surface area contributed by atoms with Crippen molar-refractivity contribution in [1.82, 2.24) is 0 Å². The van der Waals surface area contributed by atoms with Gasteiger partial charge in [-0.15, -0.1) is 0 Å². The van der Waals surface area contributed by atoms with E-state index in [1.165, 1.54) is 12.0 Å². The molecule has 21 heavy (non-hydrogen) atoms. The highest BCUT2D eigenvalue weighted by molar-refractivity contribution is 5.31. The third-order valence-corrected chi connectivity index (χ3v) is 5.33. The second-order valence-corrected chi connectivity index (χ2v) is 8.29. The quantitative estimate of drug-likeness (QED) is 0.722. The second kappa shape index (κ2) is 6.12. The molecule has 1 aromatic rings. The van der Waals surface area contributed by atoms with Crippen molar-refractivity contribution in [3.8, 4) is 0 Å². The molecular formula is C20H32O. The van der Waals surface area contributed by atoms with Crippen LogP contribution in [0.15, 0.2) is 24.3 Å². The highest BCUT2D eigenvalue weighted by atomic mass is 16.3. The van der Waals surface area contributed by atoms with E-state index in [0.717, 1.165) is 43.1 Å². The number of aliphatic hydroxyl groups is 1. The Hall–Kier alpha value is -0.820. The van der Waals surface area contributed by atoms with Gasteiger partial charge in [0.15, 0.2) is 0 Å². The van der Waals surface area contributed by atoms with Gasteiger partial charge in [-0.2, -0.15) is 0 Å². The first-order chi connectivity index (χ1) is 9.72. The molecule has 1 nitrogen and oxygen atoms in total. The number of hydrogen-bond acceptors (Lipinski definition) is 1. The molecule has 0 spiro atoms. The smallest absolute Gasteiger partial charge is 0.0896 e. The molecule has 1 aliphatic rings. The molecule has 0 radical (unpaired) electrons. The van der Waals surface area contributed by atoms with Crippen LogP contribution in [0, 0.1) is 11.8 Å². The van der Waals surface area contributed by atoms with Gasteiger partial charge in [-0.25, -0.2) is 0 Å². The molecule has 0 saturated heterocycles. The van der Waals surface area contributed by atoms with E-state index in [1.54, 1.807) is 0 Å². The van der Waals surface area contributed by atoms with Crippen LogP contribution in [0.25, 0.3) is 0 Å². The molecular weight excluding hydrogens is 256 g/mol. The van der Waals surface area contributed by atoms with Crippen molar-refractivity contribution in [1.29, 1.82) is 0 Å². The van der Waals surface area contributed by atoms with E-state index in [-0.39, 0.29) is 5.41 Å². The SMILES string of the molecule is CC(C)C1CCCC(O)(c2ccc(C(C)(C)C)cc2)CC1. The van der Waals surface area contributed by atoms with Crippen LogP contribution >= 0.6 is 0 Å². The number of rotatable bonds is 2. The van der Waals surface area contributed by atoms with E-state index in [9.17, 15) is 5.11 Å². The lowest BCUT2D eigenvalue weighted by Crippen LogP contribution is -2.25. The van der Waals surface area contributed by atoms with Gasteiger partial charge in [0.1, 0.15) is 0 Å². The molecule has 1 N–H and O–H groups in total. The number of benzene rings is 1. The maximum absolute atomic E-state index is 11.1. The predicted octanol–water partition coefficient (Wildman–Crippen LogP) is 5.41. The Bertz CT molecular complexity index is 452. The highest BCUT2D eigenvalue weighted by Crippen LogP contribution is 2.40. The molecule has 0 aromatic heterocycles. The summed E-state index contributed by atoms with van der Waals surface area (Å²) in [6, 6.07) is 8.68. The van der Waals surface area contributed by atoms with Crippen molar-refractivity contribution in [3.63, 3.8) is 0 Å². The fraction of sp³-hybridized carbons (Fsp3) is 0.700. The minimum atomic E-state index is -0.611. The van der Waals surface area contributed by atoms with E-state index in [2.05, 4.69) is 58.9 Å². The van der Waals surface area contributed by atoms with E-state index < -0.39 is 5.60 Å². The van der Waals surface area contributed by atoms with Gasteiger partial charge in [0.25, 0.3) is 0 Å². The van der Waals surface area contributed by atoms with Gasteiger partial charge in [0, 0.05) is 0 Å². The summed E-state index contributed by atoms with van der Waals surface area (Å²) < 4.78 is 0. The van der Waals surface area contributed by atoms with Gasteiger partial charge in [0.2, 0.25) is 0 Å². The zero-order chi connectivity index (χ0) is 15.7. The molecule has 118 valence electrons. The summed E-state index contributed by atoms with van der Waals surface area (Å²) in [6.07, 6.45) is 5.37. The molecule has 1 aliphatic carbocycles. The Labute approximate surface area is 130 Å². The lowest BCUT2D eigenvalue weighted by atomic mass is 9.82. The minimum Gasteiger partial charge on any atom is -0.385 e. The first-order valence-corrected chi connectivity index (χ1v) is 8.56. The van der Waals surface area contributed by atoms with Crippen molar-refractivity contribution in [2.45, 2.75) is 77.7 Å². The van der Waals surface area contributed by atoms with Crippen molar-refractivity contribution >= 4 is 0 Å². The summed E-state index contributed by atoms with van der Waals surface area (Å²) in [5.74, 6) is 1.50. The lowest BCUT2D eigenvalue weighted by Gasteiger charge is -2.29. The topological polar surface area (TPSA) is 20.2 Å². The Kier molecular flexibility index (Phi) is 4.82. The molecule has 0 amide bonds. The van der Waals surface area contributed by atoms with E-state index >= 15 is 0 Å². The Morgan fingerprint density at radius 3 is 2.19 bits per heavy atom. The van der Waals surface area contributed by atoms with Crippen LogP contribution in [0.5, 0.6) is 0 Å². The van der Waals surface area contributed by atoms with Gasteiger partial charge in [0.05, 0.1) is 5.60 Å². The maximum Gasteiger partial charge on any atom is 0.0896 e. The highest BCUT2D eigenvalue weighted by Gasteiger charge is 2.33. The zero-order valence-corrected chi connectivity index (χ0v) is 14.4.